The molecule has 0 amide bonds. The van der Waals surface area contributed by atoms with Gasteiger partial charge < -0.3 is 14.6 Å². The third-order valence-electron chi connectivity index (χ3n) is 5.22. The summed E-state index contributed by atoms with van der Waals surface area (Å²) in [6, 6.07) is 0. The molecule has 3 rings (SSSR count). The molecule has 0 saturated carbocycles. The Balaban J connectivity index is 2.07. The molecule has 0 spiro atoms. The highest BCUT2D eigenvalue weighted by Crippen LogP contribution is 2.50. The van der Waals surface area contributed by atoms with Gasteiger partial charge in [0.25, 0.3) is 0 Å². The van der Waals surface area contributed by atoms with Crippen LogP contribution in [0.3, 0.4) is 0 Å². The molecule has 0 bridgehead atoms. The molecule has 5 heteroatoms. The first kappa shape index (κ1) is 15.3. The predicted octanol–water partition coefficient (Wildman–Crippen LogP) is 1.75. The SMILES string of the molecule is CC(=O)O[C@H]1CC(C)=C2C=C[C@](C)(O)[C@@H]2[C@H]2OC(=O)[C@@H](C)[C@@H]21. The van der Waals surface area contributed by atoms with Crippen molar-refractivity contribution < 1.29 is 24.2 Å². The van der Waals surface area contributed by atoms with Crippen LogP contribution in [0.4, 0.5) is 0 Å². The van der Waals surface area contributed by atoms with Crippen LogP contribution in [-0.4, -0.2) is 34.9 Å². The van der Waals surface area contributed by atoms with Crippen molar-refractivity contribution in [3.8, 4) is 0 Å². The van der Waals surface area contributed by atoms with E-state index in [4.69, 9.17) is 9.47 Å². The number of hydrogen-bond acceptors (Lipinski definition) is 5. The highest BCUT2D eigenvalue weighted by Gasteiger charge is 2.57. The molecule has 0 aromatic rings. The lowest BCUT2D eigenvalue weighted by Gasteiger charge is -2.34. The highest BCUT2D eigenvalue weighted by molar-refractivity contribution is 5.75. The van der Waals surface area contributed by atoms with Gasteiger partial charge in [-0.1, -0.05) is 24.6 Å². The van der Waals surface area contributed by atoms with Crippen LogP contribution in [0.5, 0.6) is 0 Å². The first-order chi connectivity index (χ1) is 10.2. The molecular weight excluding hydrogens is 284 g/mol. The fourth-order valence-corrected chi connectivity index (χ4v) is 4.17. The van der Waals surface area contributed by atoms with Crippen molar-refractivity contribution in [2.75, 3.05) is 0 Å². The molecular formula is C17H22O5. The summed E-state index contributed by atoms with van der Waals surface area (Å²) >= 11 is 0. The predicted molar refractivity (Wildman–Crippen MR) is 78.7 cm³/mol. The van der Waals surface area contributed by atoms with E-state index < -0.39 is 17.8 Å². The Morgan fingerprint density at radius 1 is 1.50 bits per heavy atom. The second kappa shape index (κ2) is 4.95. The fraction of sp³-hybridized carbons (Fsp3) is 0.647. The van der Waals surface area contributed by atoms with Crippen LogP contribution in [0.1, 0.15) is 34.1 Å². The van der Waals surface area contributed by atoms with Crippen LogP contribution < -0.4 is 0 Å². The van der Waals surface area contributed by atoms with Crippen molar-refractivity contribution >= 4 is 11.9 Å². The van der Waals surface area contributed by atoms with E-state index in [1.54, 1.807) is 19.9 Å². The molecule has 2 aliphatic carbocycles. The molecule has 1 saturated heterocycles. The number of hydrogen-bond donors (Lipinski definition) is 1. The summed E-state index contributed by atoms with van der Waals surface area (Å²) < 4.78 is 11.1. The van der Waals surface area contributed by atoms with E-state index in [0.717, 1.165) is 11.1 Å². The van der Waals surface area contributed by atoms with E-state index in [1.807, 2.05) is 13.0 Å². The third kappa shape index (κ3) is 2.19. The second-order valence-electron chi connectivity index (χ2n) is 6.89. The first-order valence-electron chi connectivity index (χ1n) is 7.71. The van der Waals surface area contributed by atoms with Crippen LogP contribution in [0.2, 0.25) is 0 Å². The van der Waals surface area contributed by atoms with Gasteiger partial charge in [0.1, 0.15) is 12.2 Å². The number of fused-ring (bicyclic) bond motifs is 3. The Bertz CT molecular complexity index is 586. The van der Waals surface area contributed by atoms with E-state index in [2.05, 4.69) is 0 Å². The molecule has 22 heavy (non-hydrogen) atoms. The van der Waals surface area contributed by atoms with Gasteiger partial charge in [-0.25, -0.2) is 0 Å². The van der Waals surface area contributed by atoms with E-state index in [1.165, 1.54) is 6.92 Å². The van der Waals surface area contributed by atoms with Crippen molar-refractivity contribution in [3.63, 3.8) is 0 Å². The molecule has 0 radical (unpaired) electrons. The van der Waals surface area contributed by atoms with Crippen LogP contribution in [0, 0.1) is 17.8 Å². The van der Waals surface area contributed by atoms with Crippen molar-refractivity contribution in [3.05, 3.63) is 23.3 Å². The van der Waals surface area contributed by atoms with Crippen LogP contribution in [-0.2, 0) is 19.1 Å². The lowest BCUT2D eigenvalue weighted by molar-refractivity contribution is -0.151. The van der Waals surface area contributed by atoms with Gasteiger partial charge in [0, 0.05) is 19.3 Å². The summed E-state index contributed by atoms with van der Waals surface area (Å²) in [6.45, 7) is 6.90. The second-order valence-corrected chi connectivity index (χ2v) is 6.89. The molecule has 1 N–H and O–H groups in total. The topological polar surface area (TPSA) is 72.8 Å². The smallest absolute Gasteiger partial charge is 0.309 e. The Morgan fingerprint density at radius 3 is 2.82 bits per heavy atom. The lowest BCUT2D eigenvalue weighted by Crippen LogP contribution is -2.44. The number of allylic oxidation sites excluding steroid dienone is 1. The zero-order valence-corrected chi connectivity index (χ0v) is 13.3. The molecule has 0 unspecified atom stereocenters. The molecule has 1 aliphatic heterocycles. The summed E-state index contributed by atoms with van der Waals surface area (Å²) in [5.74, 6) is -1.53. The Kier molecular flexibility index (Phi) is 3.44. The highest BCUT2D eigenvalue weighted by atomic mass is 16.6. The normalized spacial score (nSPS) is 43.5. The van der Waals surface area contributed by atoms with Gasteiger partial charge in [-0.15, -0.1) is 0 Å². The minimum Gasteiger partial charge on any atom is -0.462 e. The first-order valence-corrected chi connectivity index (χ1v) is 7.71. The maximum Gasteiger partial charge on any atom is 0.309 e. The minimum absolute atomic E-state index is 0.236. The standard InChI is InChI=1S/C17H22O5/c1-8-7-12(21-10(3)18)13-9(2)16(19)22-15(13)14-11(8)5-6-17(14,4)20/h5-6,9,12-15,20H,7H2,1-4H3/t9-,12-,13+,14-,15-,17-/m0/s1. The van der Waals surface area contributed by atoms with Crippen molar-refractivity contribution in [1.82, 2.24) is 0 Å². The average molecular weight is 306 g/mol. The summed E-state index contributed by atoms with van der Waals surface area (Å²) in [6.07, 6.45) is 3.37. The molecule has 0 aromatic heterocycles. The van der Waals surface area contributed by atoms with Gasteiger partial charge in [0.05, 0.1) is 17.4 Å². The number of aliphatic hydroxyl groups is 1. The molecule has 1 fully saturated rings. The minimum atomic E-state index is -1.06. The largest absolute Gasteiger partial charge is 0.462 e. The van der Waals surface area contributed by atoms with Crippen molar-refractivity contribution in [2.45, 2.75) is 51.9 Å². The monoisotopic (exact) mass is 306 g/mol. The van der Waals surface area contributed by atoms with Gasteiger partial charge >= 0.3 is 11.9 Å². The molecule has 3 aliphatic rings. The Hall–Kier alpha value is -1.62. The van der Waals surface area contributed by atoms with Crippen LogP contribution >= 0.6 is 0 Å². The molecule has 0 aromatic carbocycles. The number of esters is 2. The van der Waals surface area contributed by atoms with Gasteiger partial charge in [-0.3, -0.25) is 9.59 Å². The van der Waals surface area contributed by atoms with Gasteiger partial charge in [-0.2, -0.15) is 0 Å². The average Bonchev–Trinajstić information content (AvgIpc) is 2.81. The Labute approximate surface area is 130 Å². The Morgan fingerprint density at radius 2 is 2.18 bits per heavy atom. The fourth-order valence-electron chi connectivity index (χ4n) is 4.17. The lowest BCUT2D eigenvalue weighted by atomic mass is 9.76. The zero-order chi connectivity index (χ0) is 16.2. The maximum atomic E-state index is 12.1. The molecule has 1 heterocycles. The van der Waals surface area contributed by atoms with E-state index in [-0.39, 0.29) is 29.7 Å². The van der Waals surface area contributed by atoms with E-state index in [9.17, 15) is 14.7 Å². The van der Waals surface area contributed by atoms with Crippen LogP contribution in [0.15, 0.2) is 23.3 Å². The number of rotatable bonds is 1. The quantitative estimate of drug-likeness (QED) is 0.747. The summed E-state index contributed by atoms with van der Waals surface area (Å²) in [7, 11) is 0. The van der Waals surface area contributed by atoms with Crippen LogP contribution in [0.25, 0.3) is 0 Å². The summed E-state index contributed by atoms with van der Waals surface area (Å²) in [5, 5.41) is 10.7. The van der Waals surface area contributed by atoms with E-state index >= 15 is 0 Å². The number of carbonyl (C=O) groups is 2. The van der Waals surface area contributed by atoms with Crippen molar-refractivity contribution in [1.29, 1.82) is 0 Å². The number of ether oxygens (including phenoxy) is 2. The van der Waals surface area contributed by atoms with Gasteiger partial charge in [-0.05, 0) is 19.4 Å². The number of carbonyl (C=O) groups excluding carboxylic acids is 2. The van der Waals surface area contributed by atoms with Gasteiger partial charge in [0.15, 0.2) is 0 Å². The summed E-state index contributed by atoms with van der Waals surface area (Å²) in [4.78, 5) is 23.5. The molecule has 120 valence electrons. The maximum absolute atomic E-state index is 12.1. The van der Waals surface area contributed by atoms with E-state index in [0.29, 0.717) is 6.42 Å². The molecule has 5 nitrogen and oxygen atoms in total. The van der Waals surface area contributed by atoms with Crippen molar-refractivity contribution in [2.24, 2.45) is 17.8 Å². The third-order valence-corrected chi connectivity index (χ3v) is 5.22. The summed E-state index contributed by atoms with van der Waals surface area (Å²) in [5.41, 5.74) is 1.01. The zero-order valence-electron chi connectivity index (χ0n) is 13.3. The van der Waals surface area contributed by atoms with Gasteiger partial charge in [0.2, 0.25) is 0 Å². The molecule has 6 atom stereocenters.